The molecule has 8 nitrogen and oxygen atoms in total. The molecule has 2 aromatic heterocycles. The molecular formula is C23H24F2N6O2. The van der Waals surface area contributed by atoms with E-state index in [0.717, 1.165) is 5.56 Å². The quantitative estimate of drug-likeness (QED) is 0.607. The van der Waals surface area contributed by atoms with Gasteiger partial charge in [0.15, 0.2) is 5.82 Å². The van der Waals surface area contributed by atoms with E-state index in [0.29, 0.717) is 38.7 Å². The van der Waals surface area contributed by atoms with Crippen molar-refractivity contribution >= 4 is 17.5 Å². The molecule has 2 saturated heterocycles. The van der Waals surface area contributed by atoms with Crippen molar-refractivity contribution in [3.63, 3.8) is 0 Å². The van der Waals surface area contributed by atoms with E-state index in [2.05, 4.69) is 30.2 Å². The van der Waals surface area contributed by atoms with E-state index in [-0.39, 0.29) is 35.3 Å². The first-order valence-electron chi connectivity index (χ1n) is 10.9. The molecule has 2 aliphatic heterocycles. The highest BCUT2D eigenvalue weighted by atomic mass is 19.1. The zero-order chi connectivity index (χ0) is 22.8. The van der Waals surface area contributed by atoms with Crippen LogP contribution >= 0.6 is 0 Å². The minimum atomic E-state index is -0.760. The molecule has 172 valence electrons. The minimum Gasteiger partial charge on any atom is -0.471 e. The lowest BCUT2D eigenvalue weighted by atomic mass is 9.84. The molecule has 0 saturated carbocycles. The summed E-state index contributed by atoms with van der Waals surface area (Å²) in [6, 6.07) is 6.55. The van der Waals surface area contributed by atoms with E-state index in [1.54, 1.807) is 30.6 Å². The van der Waals surface area contributed by atoms with E-state index in [1.165, 1.54) is 12.4 Å². The van der Waals surface area contributed by atoms with Crippen molar-refractivity contribution in [2.75, 3.05) is 36.5 Å². The Morgan fingerprint density at radius 1 is 1.09 bits per heavy atom. The van der Waals surface area contributed by atoms with Crippen LogP contribution in [0.4, 0.5) is 26.2 Å². The van der Waals surface area contributed by atoms with Crippen molar-refractivity contribution in [1.29, 1.82) is 0 Å². The van der Waals surface area contributed by atoms with Crippen LogP contribution in [0.2, 0.25) is 0 Å². The standard InChI is InChI=1S/C23H24F2N6O2/c1-2-14-4-5-18(17(24)8-14)30-21-19(25)22(29-13-28-21)33-20-15-9-31(10-16(20)12-32-11-15)23-26-6-3-7-27-23/h3-8,13,15-16,20H,2,9-12H2,1H3,(H,28,29,30). The zero-order valence-electron chi connectivity index (χ0n) is 18.1. The molecule has 1 aromatic carbocycles. The first-order chi connectivity index (χ1) is 16.1. The second-order valence-corrected chi connectivity index (χ2v) is 8.23. The molecule has 0 spiro atoms. The maximum atomic E-state index is 15.2. The van der Waals surface area contributed by atoms with E-state index in [1.807, 2.05) is 6.92 Å². The van der Waals surface area contributed by atoms with Crippen molar-refractivity contribution in [1.82, 2.24) is 19.9 Å². The molecule has 0 radical (unpaired) electrons. The molecule has 2 fully saturated rings. The van der Waals surface area contributed by atoms with Crippen molar-refractivity contribution in [3.05, 3.63) is 60.2 Å². The van der Waals surface area contributed by atoms with Crippen LogP contribution in [0.1, 0.15) is 12.5 Å². The number of halogens is 2. The molecule has 2 aliphatic rings. The van der Waals surface area contributed by atoms with Crippen LogP contribution in [0, 0.1) is 23.5 Å². The van der Waals surface area contributed by atoms with E-state index in [9.17, 15) is 4.39 Å². The van der Waals surface area contributed by atoms with Crippen molar-refractivity contribution in [2.45, 2.75) is 19.4 Å². The summed E-state index contributed by atoms with van der Waals surface area (Å²) in [6.07, 6.45) is 5.05. The number of piperidine rings is 1. The fraction of sp³-hybridized carbons (Fsp3) is 0.391. The monoisotopic (exact) mass is 454 g/mol. The Morgan fingerprint density at radius 2 is 1.85 bits per heavy atom. The lowest BCUT2D eigenvalue weighted by Crippen LogP contribution is -2.58. The second-order valence-electron chi connectivity index (χ2n) is 8.23. The van der Waals surface area contributed by atoms with Gasteiger partial charge in [-0.1, -0.05) is 13.0 Å². The highest BCUT2D eigenvalue weighted by Gasteiger charge is 2.43. The molecule has 33 heavy (non-hydrogen) atoms. The summed E-state index contributed by atoms with van der Waals surface area (Å²) in [7, 11) is 0. The van der Waals surface area contributed by atoms with Gasteiger partial charge < -0.3 is 19.7 Å². The summed E-state index contributed by atoms with van der Waals surface area (Å²) in [5.41, 5.74) is 0.989. The molecule has 1 N–H and O–H groups in total. The van der Waals surface area contributed by atoms with Gasteiger partial charge in [-0.3, -0.25) is 0 Å². The van der Waals surface area contributed by atoms with E-state index in [4.69, 9.17) is 9.47 Å². The molecule has 3 aromatic rings. The normalized spacial score (nSPS) is 22.2. The Balaban J connectivity index is 1.33. The SMILES string of the molecule is CCc1ccc(Nc2ncnc(OC3C4COCC3CN(c3ncccn3)C4)c2F)c(F)c1. The average molecular weight is 454 g/mol. The summed E-state index contributed by atoms with van der Waals surface area (Å²) < 4.78 is 41.4. The third-order valence-corrected chi connectivity index (χ3v) is 6.04. The second kappa shape index (κ2) is 9.22. The van der Waals surface area contributed by atoms with Gasteiger partial charge in [-0.05, 0) is 30.2 Å². The molecule has 2 unspecified atom stereocenters. The lowest BCUT2D eigenvalue weighted by Gasteiger charge is -2.46. The highest BCUT2D eigenvalue weighted by molar-refractivity contribution is 5.58. The van der Waals surface area contributed by atoms with Crippen LogP contribution in [0.3, 0.4) is 0 Å². The number of aromatic nitrogens is 4. The van der Waals surface area contributed by atoms with Gasteiger partial charge in [0, 0.05) is 37.3 Å². The number of rotatable bonds is 6. The third kappa shape index (κ3) is 4.43. The van der Waals surface area contributed by atoms with Gasteiger partial charge in [0.2, 0.25) is 11.8 Å². The predicted octanol–water partition coefficient (Wildman–Crippen LogP) is 3.38. The number of hydrogen-bond donors (Lipinski definition) is 1. The van der Waals surface area contributed by atoms with Gasteiger partial charge in [0.05, 0.1) is 18.9 Å². The Kier molecular flexibility index (Phi) is 5.99. The number of anilines is 3. The van der Waals surface area contributed by atoms with Crippen molar-refractivity contribution in [2.24, 2.45) is 11.8 Å². The number of benzene rings is 1. The fourth-order valence-corrected chi connectivity index (χ4v) is 4.37. The molecule has 4 heterocycles. The van der Waals surface area contributed by atoms with Gasteiger partial charge in [-0.2, -0.15) is 9.37 Å². The number of ether oxygens (including phenoxy) is 2. The van der Waals surface area contributed by atoms with Crippen LogP contribution in [0.25, 0.3) is 0 Å². The molecule has 10 heteroatoms. The molecule has 0 amide bonds. The Hall–Kier alpha value is -3.40. The summed E-state index contributed by atoms with van der Waals surface area (Å²) in [5.74, 6) is -0.897. The fourth-order valence-electron chi connectivity index (χ4n) is 4.37. The minimum absolute atomic E-state index is 0.00823. The first-order valence-corrected chi connectivity index (χ1v) is 10.9. The van der Waals surface area contributed by atoms with Gasteiger partial charge >= 0.3 is 0 Å². The smallest absolute Gasteiger partial charge is 0.256 e. The molecule has 2 atom stereocenters. The average Bonchev–Trinajstić information content (AvgIpc) is 2.83. The van der Waals surface area contributed by atoms with Crippen LogP contribution in [-0.2, 0) is 11.2 Å². The highest BCUT2D eigenvalue weighted by Crippen LogP contribution is 2.34. The number of fused-ring (bicyclic) bond motifs is 2. The van der Waals surface area contributed by atoms with Crippen LogP contribution in [0.15, 0.2) is 43.0 Å². The van der Waals surface area contributed by atoms with Crippen molar-refractivity contribution < 1.29 is 18.3 Å². The van der Waals surface area contributed by atoms with Crippen LogP contribution < -0.4 is 15.0 Å². The summed E-state index contributed by atoms with van der Waals surface area (Å²) in [6.45, 7) is 4.15. The van der Waals surface area contributed by atoms with Gasteiger partial charge in [-0.25, -0.2) is 19.3 Å². The molecule has 5 rings (SSSR count). The van der Waals surface area contributed by atoms with Gasteiger partial charge in [0.25, 0.3) is 5.88 Å². The Labute approximate surface area is 190 Å². The summed E-state index contributed by atoms with van der Waals surface area (Å²) >= 11 is 0. The topological polar surface area (TPSA) is 85.3 Å². The number of hydrogen-bond acceptors (Lipinski definition) is 8. The van der Waals surface area contributed by atoms with E-state index < -0.39 is 11.6 Å². The maximum absolute atomic E-state index is 15.2. The van der Waals surface area contributed by atoms with Gasteiger partial charge in [-0.15, -0.1) is 0 Å². The molecule has 0 aliphatic carbocycles. The first kappa shape index (κ1) is 21.4. The zero-order valence-corrected chi connectivity index (χ0v) is 18.1. The van der Waals surface area contributed by atoms with Crippen molar-refractivity contribution in [3.8, 4) is 5.88 Å². The number of nitrogens with zero attached hydrogens (tertiary/aromatic N) is 5. The van der Waals surface area contributed by atoms with Crippen LogP contribution in [-0.4, -0.2) is 52.3 Å². The number of aryl methyl sites for hydroxylation is 1. The maximum Gasteiger partial charge on any atom is 0.256 e. The molecule has 2 bridgehead atoms. The lowest BCUT2D eigenvalue weighted by molar-refractivity contribution is -0.0780. The predicted molar refractivity (Wildman–Crippen MR) is 118 cm³/mol. The van der Waals surface area contributed by atoms with Gasteiger partial charge in [0.1, 0.15) is 18.2 Å². The number of nitrogens with one attached hydrogen (secondary N) is 1. The molecular weight excluding hydrogens is 430 g/mol. The summed E-state index contributed by atoms with van der Waals surface area (Å²) in [4.78, 5) is 18.7. The van der Waals surface area contributed by atoms with Crippen LogP contribution in [0.5, 0.6) is 5.88 Å². The Bertz CT molecular complexity index is 1110. The largest absolute Gasteiger partial charge is 0.471 e. The summed E-state index contributed by atoms with van der Waals surface area (Å²) in [5, 5.41) is 2.72. The Morgan fingerprint density at radius 3 is 2.55 bits per heavy atom. The van der Waals surface area contributed by atoms with E-state index >= 15 is 4.39 Å². The third-order valence-electron chi connectivity index (χ3n) is 6.04.